The van der Waals surface area contributed by atoms with E-state index in [1.54, 1.807) is 42.5 Å². The summed E-state index contributed by atoms with van der Waals surface area (Å²) in [6.07, 6.45) is 0.704. The highest BCUT2D eigenvalue weighted by molar-refractivity contribution is 8.90. The van der Waals surface area contributed by atoms with Gasteiger partial charge in [0.25, 0.3) is 0 Å². The predicted molar refractivity (Wildman–Crippen MR) is 177 cm³/mol. The van der Waals surface area contributed by atoms with Crippen molar-refractivity contribution < 1.29 is 38.0 Å². The molecule has 2 heterocycles. The molecule has 2 unspecified atom stereocenters. The van der Waals surface area contributed by atoms with Gasteiger partial charge in [0, 0.05) is 40.8 Å². The second-order valence-corrected chi connectivity index (χ2v) is 15.5. The number of carbonyl (C=O) groups excluding carboxylic acids is 1. The quantitative estimate of drug-likeness (QED) is 0.0901. The summed E-state index contributed by atoms with van der Waals surface area (Å²) in [6.45, 7) is -0.694. The van der Waals surface area contributed by atoms with Crippen LogP contribution in [0.15, 0.2) is 60.8 Å². The number of hydrogen-bond acceptors (Lipinski definition) is 11. The van der Waals surface area contributed by atoms with Crippen molar-refractivity contribution in [2.45, 2.75) is 30.8 Å². The minimum absolute atomic E-state index is 0.0189. The summed E-state index contributed by atoms with van der Waals surface area (Å²) in [4.78, 5) is 17.4. The molecule has 0 saturated carbocycles. The third-order valence-corrected chi connectivity index (χ3v) is 11.2. The number of amides is 1. The van der Waals surface area contributed by atoms with Crippen LogP contribution >= 0.6 is 32.0 Å². The molecule has 0 radical (unpaired) electrons. The molecule has 0 spiro atoms. The number of carbonyl (C=O) groups is 1. The van der Waals surface area contributed by atoms with Crippen LogP contribution in [0.5, 0.6) is 11.5 Å². The van der Waals surface area contributed by atoms with Crippen molar-refractivity contribution in [3.63, 3.8) is 0 Å². The molecule has 1 saturated heterocycles. The molecule has 242 valence electrons. The van der Waals surface area contributed by atoms with Gasteiger partial charge in [-0.05, 0) is 59.2 Å². The fourth-order valence-corrected chi connectivity index (χ4v) is 8.99. The first-order chi connectivity index (χ1) is 22.0. The van der Waals surface area contributed by atoms with Crippen LogP contribution in [0.2, 0.25) is 5.02 Å². The Hall–Kier alpha value is -3.81. The van der Waals surface area contributed by atoms with E-state index in [0.717, 1.165) is 10.8 Å². The molecule has 2 atom stereocenters. The van der Waals surface area contributed by atoms with Crippen LogP contribution in [0.25, 0.3) is 10.9 Å². The van der Waals surface area contributed by atoms with Crippen molar-refractivity contribution in [1.29, 1.82) is 5.26 Å². The van der Waals surface area contributed by atoms with Crippen LogP contribution in [0.3, 0.4) is 0 Å². The topological polar surface area (TPSA) is 177 Å². The van der Waals surface area contributed by atoms with Crippen molar-refractivity contribution in [2.24, 2.45) is 0 Å². The lowest BCUT2D eigenvalue weighted by Gasteiger charge is -2.24. The summed E-state index contributed by atoms with van der Waals surface area (Å²) in [5.74, 6) is -0.0124. The van der Waals surface area contributed by atoms with Crippen molar-refractivity contribution in [1.82, 2.24) is 4.98 Å². The van der Waals surface area contributed by atoms with Gasteiger partial charge in [-0.1, -0.05) is 23.7 Å². The van der Waals surface area contributed by atoms with Gasteiger partial charge in [-0.25, -0.2) is 4.39 Å². The van der Waals surface area contributed by atoms with E-state index in [1.165, 1.54) is 18.3 Å². The van der Waals surface area contributed by atoms with E-state index < -0.39 is 28.2 Å². The van der Waals surface area contributed by atoms with E-state index in [9.17, 15) is 33.8 Å². The lowest BCUT2D eigenvalue weighted by Crippen LogP contribution is -2.22. The number of nitrogens with zero attached hydrogens (tertiary/aromatic N) is 2. The van der Waals surface area contributed by atoms with Gasteiger partial charge in [0.15, 0.2) is 0 Å². The van der Waals surface area contributed by atoms with E-state index in [0.29, 0.717) is 40.0 Å². The highest BCUT2D eigenvalue weighted by atomic mass is 35.5. The number of benzene rings is 3. The fraction of sp³-hybridized carbons (Fsp3) is 0.258. The minimum Gasteiger partial charge on any atom is -0.489 e. The van der Waals surface area contributed by atoms with Crippen LogP contribution < -0.4 is 20.1 Å². The molecule has 3 aromatic carbocycles. The number of anilines is 3. The number of nitrogens with one attached hydrogen (secondary N) is 2. The molecule has 1 fully saturated rings. The van der Waals surface area contributed by atoms with Gasteiger partial charge in [0.1, 0.15) is 42.7 Å². The maximum absolute atomic E-state index is 13.5. The average molecular weight is 689 g/mol. The zero-order chi connectivity index (χ0) is 32.8. The summed E-state index contributed by atoms with van der Waals surface area (Å²) >= 11 is 6.50. The first-order valence-corrected chi connectivity index (χ1v) is 17.5. The van der Waals surface area contributed by atoms with Crippen LogP contribution in [-0.4, -0.2) is 60.5 Å². The number of aliphatic hydroxyl groups is 2. The second-order valence-electron chi connectivity index (χ2n) is 10.4. The monoisotopic (exact) mass is 688 g/mol. The number of halogens is 2. The van der Waals surface area contributed by atoms with Crippen LogP contribution in [0.4, 0.5) is 21.5 Å². The van der Waals surface area contributed by atoms with Crippen molar-refractivity contribution in [2.75, 3.05) is 29.6 Å². The number of ether oxygens (including phenoxy) is 2. The molecule has 0 bridgehead atoms. The van der Waals surface area contributed by atoms with E-state index in [1.807, 2.05) is 0 Å². The normalized spacial score (nSPS) is 16.8. The first-order valence-electron chi connectivity index (χ1n) is 14.0. The van der Waals surface area contributed by atoms with Crippen LogP contribution in [-0.2, 0) is 11.4 Å². The molecule has 1 aliphatic heterocycles. The molecule has 4 aromatic rings. The molecule has 0 aliphatic carbocycles. The predicted octanol–water partition coefficient (Wildman–Crippen LogP) is 6.45. The van der Waals surface area contributed by atoms with Gasteiger partial charge in [-0.3, -0.25) is 18.9 Å². The highest BCUT2D eigenvalue weighted by Crippen LogP contribution is 2.61. The van der Waals surface area contributed by atoms with Crippen molar-refractivity contribution in [3.05, 3.63) is 82.8 Å². The van der Waals surface area contributed by atoms with Crippen LogP contribution in [0.1, 0.15) is 24.0 Å². The molecule has 1 amide bonds. The van der Waals surface area contributed by atoms with Gasteiger partial charge in [-0.15, -0.1) is 9.62 Å². The molecule has 5 rings (SSSR count). The van der Waals surface area contributed by atoms with E-state index in [-0.39, 0.29) is 58.5 Å². The molecule has 6 N–H and O–H groups in total. The lowest BCUT2D eigenvalue weighted by atomic mass is 10.1. The summed E-state index contributed by atoms with van der Waals surface area (Å²) in [6, 6.07) is 16.2. The fourth-order valence-electron chi connectivity index (χ4n) is 4.67. The number of pyridine rings is 1. The summed E-state index contributed by atoms with van der Waals surface area (Å²) in [5, 5.41) is 35.5. The third-order valence-electron chi connectivity index (χ3n) is 6.90. The smallest absolute Gasteiger partial charge is 0.225 e. The zero-order valence-corrected chi connectivity index (χ0v) is 26.5. The SMILES string of the molecule is N#Cc1cnc2cc(OCC(O)CO)c(NC(=O)CC3CCS(O)(O)S3)cc2c1Nc1ccc(OCc2cccc(F)c2)c(Cl)c1. The second kappa shape index (κ2) is 14.7. The standard InChI is InChI=1S/C31H30ClFN4O7S2/c32-25-9-21(4-5-28(25)43-16-18-2-1-3-20(33)8-18)36-31-19(13-34)14-35-26-12-29(44-17-22(39)15-38)27(11-24(26)31)37-30(40)10-23-6-7-46(41,42)45-23/h1-5,8-9,11-12,14,22-23,38-39,41-42H,6-7,10,15-17H2,(H,35,36)(H,37,40). The Morgan fingerprint density at radius 3 is 2.72 bits per heavy atom. The van der Waals surface area contributed by atoms with Gasteiger partial charge in [0.2, 0.25) is 5.91 Å². The summed E-state index contributed by atoms with van der Waals surface area (Å²) < 4.78 is 44.9. The Bertz CT molecular complexity index is 1790. The Kier molecular flexibility index (Phi) is 10.7. The largest absolute Gasteiger partial charge is 0.489 e. The van der Waals surface area contributed by atoms with E-state index in [2.05, 4.69) is 21.7 Å². The number of hydrogen-bond donors (Lipinski definition) is 6. The molecular weight excluding hydrogens is 659 g/mol. The summed E-state index contributed by atoms with van der Waals surface area (Å²) in [5.41, 5.74) is 2.33. The van der Waals surface area contributed by atoms with Crippen molar-refractivity contribution >= 4 is 65.9 Å². The van der Waals surface area contributed by atoms with Gasteiger partial charge >= 0.3 is 0 Å². The molecular formula is C31H30ClFN4O7S2. The molecule has 1 aliphatic rings. The van der Waals surface area contributed by atoms with Crippen molar-refractivity contribution in [3.8, 4) is 17.6 Å². The molecule has 46 heavy (non-hydrogen) atoms. The molecule has 15 heteroatoms. The van der Waals surface area contributed by atoms with Gasteiger partial charge in [0.05, 0.1) is 34.1 Å². The van der Waals surface area contributed by atoms with Gasteiger partial charge < -0.3 is 30.3 Å². The Morgan fingerprint density at radius 1 is 1.20 bits per heavy atom. The zero-order valence-electron chi connectivity index (χ0n) is 24.2. The minimum atomic E-state index is -2.76. The van der Waals surface area contributed by atoms with E-state index in [4.69, 9.17) is 21.1 Å². The summed E-state index contributed by atoms with van der Waals surface area (Å²) in [7, 11) is -1.76. The van der Waals surface area contributed by atoms with E-state index >= 15 is 0 Å². The maximum atomic E-state index is 13.5. The Morgan fingerprint density at radius 2 is 2.02 bits per heavy atom. The number of aliphatic hydroxyl groups excluding tert-OH is 2. The lowest BCUT2D eigenvalue weighted by molar-refractivity contribution is -0.116. The maximum Gasteiger partial charge on any atom is 0.225 e. The molecule has 1 aromatic heterocycles. The number of nitriles is 1. The number of rotatable bonds is 12. The third kappa shape index (κ3) is 8.51. The number of aromatic nitrogens is 1. The highest BCUT2D eigenvalue weighted by Gasteiger charge is 2.31. The first kappa shape index (κ1) is 33.6. The molecule has 11 nitrogen and oxygen atoms in total. The average Bonchev–Trinajstić information content (AvgIpc) is 3.37. The van der Waals surface area contributed by atoms with Crippen LogP contribution in [0, 0.1) is 17.1 Å². The number of fused-ring (bicyclic) bond motifs is 1. The Balaban J connectivity index is 1.43. The van der Waals surface area contributed by atoms with Gasteiger partial charge in [-0.2, -0.15) is 5.26 Å². The Labute approximate surface area is 274 Å².